The van der Waals surface area contributed by atoms with Crippen LogP contribution in [0, 0.1) is 0 Å². The third-order valence-corrected chi connectivity index (χ3v) is 4.13. The molecular weight excluding hydrogens is 256 g/mol. The summed E-state index contributed by atoms with van der Waals surface area (Å²) in [6, 6.07) is 9.83. The van der Waals surface area contributed by atoms with Gasteiger partial charge in [0.2, 0.25) is 5.95 Å². The molecule has 0 fully saturated rings. The lowest BCUT2D eigenvalue weighted by atomic mass is 10.2. The topological polar surface area (TPSA) is 64.7 Å². The molecule has 4 nitrogen and oxygen atoms in total. The largest absolute Gasteiger partial charge is 0.368 e. The summed E-state index contributed by atoms with van der Waals surface area (Å²) in [5, 5.41) is 0.596. The minimum atomic E-state index is 0.286. The van der Waals surface area contributed by atoms with Crippen LogP contribution in [0.4, 0.5) is 5.95 Å². The Morgan fingerprint density at radius 1 is 1.16 bits per heavy atom. The smallest absolute Gasteiger partial charge is 0.223 e. The minimum absolute atomic E-state index is 0.286. The van der Waals surface area contributed by atoms with Gasteiger partial charge >= 0.3 is 0 Å². The average molecular weight is 274 g/mol. The van der Waals surface area contributed by atoms with Crippen LogP contribution in [0.3, 0.4) is 0 Å². The Morgan fingerprint density at radius 2 is 1.89 bits per heavy atom. The fraction of sp³-hybridized carbons (Fsp3) is 0.357. The number of nitrogens with two attached hydrogens (primary N) is 1. The normalized spacial score (nSPS) is 12.3. The van der Waals surface area contributed by atoms with E-state index in [2.05, 4.69) is 28.8 Å². The predicted molar refractivity (Wildman–Crippen MR) is 80.7 cm³/mol. The summed E-state index contributed by atoms with van der Waals surface area (Å²) in [5.74, 6) is 2.44. The number of nitrogen functional groups attached to an aromatic ring is 1. The highest BCUT2D eigenvalue weighted by molar-refractivity contribution is 7.99. The van der Waals surface area contributed by atoms with Gasteiger partial charge in [-0.25, -0.2) is 4.98 Å². The van der Waals surface area contributed by atoms with Gasteiger partial charge in [0.25, 0.3) is 0 Å². The molecule has 1 unspecified atom stereocenters. The molecule has 2 rings (SSSR count). The van der Waals surface area contributed by atoms with E-state index >= 15 is 0 Å². The lowest BCUT2D eigenvalue weighted by Crippen LogP contribution is -2.05. The van der Waals surface area contributed by atoms with E-state index in [-0.39, 0.29) is 5.95 Å². The van der Waals surface area contributed by atoms with Crippen molar-refractivity contribution in [3.63, 3.8) is 0 Å². The van der Waals surface area contributed by atoms with E-state index < -0.39 is 0 Å². The predicted octanol–water partition coefficient (Wildman–Crippen LogP) is 3.15. The van der Waals surface area contributed by atoms with Gasteiger partial charge in [0.05, 0.1) is 5.75 Å². The molecule has 0 aliphatic rings. The summed E-state index contributed by atoms with van der Waals surface area (Å²) in [4.78, 5) is 12.9. The van der Waals surface area contributed by atoms with Crippen molar-refractivity contribution in [3.05, 3.63) is 36.2 Å². The number of benzene rings is 1. The van der Waals surface area contributed by atoms with Gasteiger partial charge in [0.1, 0.15) is 5.82 Å². The molecule has 1 aromatic carbocycles. The molecule has 1 atom stereocenters. The summed E-state index contributed by atoms with van der Waals surface area (Å²) in [6.45, 7) is 4.38. The van der Waals surface area contributed by atoms with E-state index in [1.807, 2.05) is 42.1 Å². The van der Waals surface area contributed by atoms with E-state index in [4.69, 9.17) is 5.73 Å². The first kappa shape index (κ1) is 13.8. The van der Waals surface area contributed by atoms with E-state index in [1.165, 1.54) is 0 Å². The van der Waals surface area contributed by atoms with Gasteiger partial charge in [-0.15, -0.1) is 0 Å². The highest BCUT2D eigenvalue weighted by Gasteiger charge is 2.08. The third-order valence-electron chi connectivity index (χ3n) is 2.80. The van der Waals surface area contributed by atoms with Crippen molar-refractivity contribution in [3.8, 4) is 11.4 Å². The van der Waals surface area contributed by atoms with Crippen LogP contribution < -0.4 is 5.73 Å². The van der Waals surface area contributed by atoms with Crippen LogP contribution in [-0.2, 0) is 5.75 Å². The van der Waals surface area contributed by atoms with Crippen LogP contribution >= 0.6 is 11.8 Å². The molecule has 19 heavy (non-hydrogen) atoms. The number of aromatic nitrogens is 3. The first-order valence-electron chi connectivity index (χ1n) is 6.36. The second kappa shape index (κ2) is 6.52. The number of nitrogens with zero attached hydrogens (tertiary/aromatic N) is 3. The lowest BCUT2D eigenvalue weighted by Gasteiger charge is -2.08. The van der Waals surface area contributed by atoms with Crippen LogP contribution in [0.1, 0.15) is 26.1 Å². The van der Waals surface area contributed by atoms with Gasteiger partial charge in [0, 0.05) is 10.8 Å². The molecular formula is C14H18N4S. The zero-order chi connectivity index (χ0) is 13.7. The Bertz CT molecular complexity index is 530. The SMILES string of the molecule is CCC(C)SCc1nc(N)nc(-c2ccccc2)n1. The molecule has 0 amide bonds. The molecule has 0 saturated heterocycles. The second-order valence-electron chi connectivity index (χ2n) is 4.33. The highest BCUT2D eigenvalue weighted by Crippen LogP contribution is 2.20. The molecule has 5 heteroatoms. The fourth-order valence-electron chi connectivity index (χ4n) is 1.55. The quantitative estimate of drug-likeness (QED) is 0.907. The average Bonchev–Trinajstić information content (AvgIpc) is 2.45. The van der Waals surface area contributed by atoms with Crippen LogP contribution in [0.2, 0.25) is 0 Å². The van der Waals surface area contributed by atoms with E-state index in [9.17, 15) is 0 Å². The first-order chi connectivity index (χ1) is 9.19. The Hall–Kier alpha value is -1.62. The number of thioether (sulfide) groups is 1. The van der Waals surface area contributed by atoms with Crippen molar-refractivity contribution in [2.45, 2.75) is 31.3 Å². The summed E-state index contributed by atoms with van der Waals surface area (Å²) < 4.78 is 0. The molecule has 0 spiro atoms. The maximum atomic E-state index is 5.76. The molecule has 0 saturated carbocycles. The maximum absolute atomic E-state index is 5.76. The van der Waals surface area contributed by atoms with Gasteiger partial charge in [0.15, 0.2) is 5.82 Å². The molecule has 0 aliphatic carbocycles. The van der Waals surface area contributed by atoms with Crippen molar-refractivity contribution in [2.24, 2.45) is 0 Å². The lowest BCUT2D eigenvalue weighted by molar-refractivity contribution is 0.899. The number of hydrogen-bond acceptors (Lipinski definition) is 5. The Labute approximate surface area is 117 Å². The van der Waals surface area contributed by atoms with Crippen LogP contribution in [0.15, 0.2) is 30.3 Å². The van der Waals surface area contributed by atoms with Gasteiger partial charge in [-0.1, -0.05) is 44.2 Å². The first-order valence-corrected chi connectivity index (χ1v) is 7.41. The number of hydrogen-bond donors (Lipinski definition) is 1. The van der Waals surface area contributed by atoms with Crippen molar-refractivity contribution in [1.29, 1.82) is 0 Å². The zero-order valence-electron chi connectivity index (χ0n) is 11.2. The molecule has 1 aromatic heterocycles. The Balaban J connectivity index is 2.20. The van der Waals surface area contributed by atoms with Crippen LogP contribution in [0.25, 0.3) is 11.4 Å². The van der Waals surface area contributed by atoms with Crippen molar-refractivity contribution in [2.75, 3.05) is 5.73 Å². The molecule has 0 bridgehead atoms. The minimum Gasteiger partial charge on any atom is -0.368 e. The molecule has 0 radical (unpaired) electrons. The van der Waals surface area contributed by atoms with Crippen molar-refractivity contribution >= 4 is 17.7 Å². The van der Waals surface area contributed by atoms with Crippen molar-refractivity contribution in [1.82, 2.24) is 15.0 Å². The van der Waals surface area contributed by atoms with Crippen LogP contribution in [-0.4, -0.2) is 20.2 Å². The van der Waals surface area contributed by atoms with E-state index in [1.54, 1.807) is 0 Å². The molecule has 1 heterocycles. The van der Waals surface area contributed by atoms with Crippen molar-refractivity contribution < 1.29 is 0 Å². The molecule has 0 aliphatic heterocycles. The molecule has 2 aromatic rings. The summed E-state index contributed by atoms with van der Waals surface area (Å²) in [5.41, 5.74) is 6.73. The van der Waals surface area contributed by atoms with Gasteiger partial charge in [-0.05, 0) is 6.42 Å². The second-order valence-corrected chi connectivity index (χ2v) is 5.76. The van der Waals surface area contributed by atoms with E-state index in [0.717, 1.165) is 23.6 Å². The Kier molecular flexibility index (Phi) is 4.74. The van der Waals surface area contributed by atoms with E-state index in [0.29, 0.717) is 11.1 Å². The van der Waals surface area contributed by atoms with Crippen LogP contribution in [0.5, 0.6) is 0 Å². The van der Waals surface area contributed by atoms with Gasteiger partial charge < -0.3 is 5.73 Å². The fourth-order valence-corrected chi connectivity index (χ4v) is 2.35. The van der Waals surface area contributed by atoms with Gasteiger partial charge in [-0.2, -0.15) is 21.7 Å². The third kappa shape index (κ3) is 3.92. The number of anilines is 1. The summed E-state index contributed by atoms with van der Waals surface area (Å²) in [6.07, 6.45) is 1.14. The molecule has 2 N–H and O–H groups in total. The van der Waals surface area contributed by atoms with Gasteiger partial charge in [-0.3, -0.25) is 0 Å². The molecule has 100 valence electrons. The zero-order valence-corrected chi connectivity index (χ0v) is 12.0. The summed E-state index contributed by atoms with van der Waals surface area (Å²) in [7, 11) is 0. The number of rotatable bonds is 5. The summed E-state index contributed by atoms with van der Waals surface area (Å²) >= 11 is 1.83. The standard InChI is InChI=1S/C14H18N4S/c1-3-10(2)19-9-12-16-13(18-14(15)17-12)11-7-5-4-6-8-11/h4-8,10H,3,9H2,1-2H3,(H2,15,16,17,18). The Morgan fingerprint density at radius 3 is 2.58 bits per heavy atom. The highest BCUT2D eigenvalue weighted by atomic mass is 32.2. The monoisotopic (exact) mass is 274 g/mol. The maximum Gasteiger partial charge on any atom is 0.223 e.